The first-order valence-corrected chi connectivity index (χ1v) is 5.39. The summed E-state index contributed by atoms with van der Waals surface area (Å²) in [5.74, 6) is 0.463. The number of carbonyl (C=O) groups excluding carboxylic acids is 1. The molecule has 0 aliphatic carbocycles. The van der Waals surface area contributed by atoms with Crippen LogP contribution in [0.15, 0.2) is 0 Å². The zero-order valence-corrected chi connectivity index (χ0v) is 10.4. The molecular weight excluding hydrogens is 212 g/mol. The second kappa shape index (κ2) is 6.74. The van der Waals surface area contributed by atoms with Crippen LogP contribution < -0.4 is 11.1 Å². The average Bonchev–Trinajstić information content (AvgIpc) is 2.53. The van der Waals surface area contributed by atoms with Gasteiger partial charge in [-0.3, -0.25) is 4.79 Å². The van der Waals surface area contributed by atoms with Crippen molar-refractivity contribution in [3.05, 3.63) is 0 Å². The molecule has 1 saturated heterocycles. The van der Waals surface area contributed by atoms with Gasteiger partial charge in [-0.2, -0.15) is 0 Å². The Morgan fingerprint density at radius 1 is 1.60 bits per heavy atom. The molecule has 3 N–H and O–H groups in total. The van der Waals surface area contributed by atoms with Crippen LogP contribution >= 0.6 is 12.2 Å². The van der Waals surface area contributed by atoms with E-state index in [1.807, 2.05) is 20.8 Å². The zero-order chi connectivity index (χ0) is 11.9. The van der Waals surface area contributed by atoms with Gasteiger partial charge in [-0.15, -0.1) is 0 Å². The highest BCUT2D eigenvalue weighted by molar-refractivity contribution is 7.80. The summed E-state index contributed by atoms with van der Waals surface area (Å²) >= 11 is 4.79. The zero-order valence-electron chi connectivity index (χ0n) is 9.58. The average molecular weight is 232 g/mol. The van der Waals surface area contributed by atoms with Crippen LogP contribution in [0.1, 0.15) is 27.2 Å². The minimum atomic E-state index is -0.318. The van der Waals surface area contributed by atoms with Crippen LogP contribution in [0.4, 0.5) is 0 Å². The number of thiocarbonyl (C=S) groups is 1. The number of hydrogen-bond acceptors (Lipinski definition) is 4. The van der Waals surface area contributed by atoms with E-state index in [1.165, 1.54) is 0 Å². The van der Waals surface area contributed by atoms with Gasteiger partial charge in [0.2, 0.25) is 0 Å². The molecule has 1 rings (SSSR count). The monoisotopic (exact) mass is 232 g/mol. The predicted octanol–water partition coefficient (Wildman–Crippen LogP) is 0.840. The maximum Gasteiger partial charge on any atom is 0.293 e. The fraction of sp³-hybridized carbons (Fsp3) is 0.800. The van der Waals surface area contributed by atoms with E-state index in [9.17, 15) is 4.79 Å². The van der Waals surface area contributed by atoms with Crippen molar-refractivity contribution in [3.63, 3.8) is 0 Å². The van der Waals surface area contributed by atoms with Crippen molar-refractivity contribution in [2.24, 2.45) is 11.7 Å². The molecule has 0 aromatic rings. The van der Waals surface area contributed by atoms with E-state index in [2.05, 4.69) is 10.1 Å². The van der Waals surface area contributed by atoms with E-state index >= 15 is 0 Å². The van der Waals surface area contributed by atoms with Gasteiger partial charge in [-0.05, 0) is 33.7 Å². The third-order valence-electron chi connectivity index (χ3n) is 1.86. The van der Waals surface area contributed by atoms with E-state index in [4.69, 9.17) is 18.0 Å². The number of hydrogen-bond donors (Lipinski definition) is 2. The quantitative estimate of drug-likeness (QED) is 0.545. The van der Waals surface area contributed by atoms with Gasteiger partial charge < -0.3 is 15.8 Å². The van der Waals surface area contributed by atoms with Crippen molar-refractivity contribution < 1.29 is 9.53 Å². The molecule has 0 amide bonds. The summed E-state index contributed by atoms with van der Waals surface area (Å²) in [5, 5.41) is 3.19. The van der Waals surface area contributed by atoms with Crippen LogP contribution in [0.5, 0.6) is 0 Å². The van der Waals surface area contributed by atoms with E-state index in [1.54, 1.807) is 0 Å². The molecule has 0 aromatic carbocycles. The second-order valence-corrected chi connectivity index (χ2v) is 4.89. The van der Waals surface area contributed by atoms with Crippen molar-refractivity contribution in [2.75, 3.05) is 13.1 Å². The fourth-order valence-corrected chi connectivity index (χ4v) is 1.24. The van der Waals surface area contributed by atoms with Gasteiger partial charge in [0.05, 0.1) is 4.99 Å². The molecule has 88 valence electrons. The Kier molecular flexibility index (Phi) is 6.43. The fourth-order valence-electron chi connectivity index (χ4n) is 1.04. The van der Waals surface area contributed by atoms with Gasteiger partial charge in [0.25, 0.3) is 6.47 Å². The van der Waals surface area contributed by atoms with Crippen LogP contribution in [0.3, 0.4) is 0 Å². The Bertz CT molecular complexity index is 208. The molecule has 1 unspecified atom stereocenters. The first kappa shape index (κ1) is 14.3. The van der Waals surface area contributed by atoms with Crippen molar-refractivity contribution >= 4 is 23.7 Å². The second-order valence-electron chi connectivity index (χ2n) is 4.42. The Labute approximate surface area is 96.5 Å². The normalized spacial score (nSPS) is 20.1. The van der Waals surface area contributed by atoms with Gasteiger partial charge in [-0.1, -0.05) is 12.2 Å². The first-order chi connectivity index (χ1) is 6.87. The lowest BCUT2D eigenvalue weighted by molar-refractivity contribution is -0.138. The predicted molar refractivity (Wildman–Crippen MR) is 64.7 cm³/mol. The molecule has 1 aliphatic heterocycles. The highest BCUT2D eigenvalue weighted by Gasteiger charge is 2.15. The highest BCUT2D eigenvalue weighted by Crippen LogP contribution is 2.06. The number of carbonyl (C=O) groups is 1. The van der Waals surface area contributed by atoms with Crippen LogP contribution in [-0.2, 0) is 9.53 Å². The minimum Gasteiger partial charge on any atom is -0.462 e. The van der Waals surface area contributed by atoms with Crippen LogP contribution in [0, 0.1) is 5.92 Å². The largest absolute Gasteiger partial charge is 0.462 e. The minimum absolute atomic E-state index is 0.318. The molecule has 15 heavy (non-hydrogen) atoms. The standard InChI is InChI=1S/C5H10N2S.C5H10O2/c6-5(8)4-1-2-7-3-4;1-5(2,3)7-4-6/h4,7H,1-3H2,(H2,6,8);4H,1-3H3. The highest BCUT2D eigenvalue weighted by atomic mass is 32.1. The molecule has 4 nitrogen and oxygen atoms in total. The van der Waals surface area contributed by atoms with E-state index in [0.29, 0.717) is 17.4 Å². The first-order valence-electron chi connectivity index (χ1n) is 4.98. The summed E-state index contributed by atoms with van der Waals surface area (Å²) in [4.78, 5) is 10.3. The van der Waals surface area contributed by atoms with Crippen molar-refractivity contribution in [2.45, 2.75) is 32.8 Å². The maximum atomic E-state index is 9.60. The number of nitrogens with two attached hydrogens (primary N) is 1. The third kappa shape index (κ3) is 8.32. The van der Waals surface area contributed by atoms with Crippen molar-refractivity contribution in [1.29, 1.82) is 0 Å². The van der Waals surface area contributed by atoms with Gasteiger partial charge in [0.1, 0.15) is 5.60 Å². The Hall–Kier alpha value is -0.680. The summed E-state index contributed by atoms with van der Waals surface area (Å²) < 4.78 is 4.55. The third-order valence-corrected chi connectivity index (χ3v) is 2.20. The van der Waals surface area contributed by atoms with E-state index in [0.717, 1.165) is 19.5 Å². The Morgan fingerprint density at radius 2 is 2.20 bits per heavy atom. The molecule has 1 fully saturated rings. The lowest BCUT2D eigenvalue weighted by Crippen LogP contribution is -2.22. The van der Waals surface area contributed by atoms with Crippen molar-refractivity contribution in [3.8, 4) is 0 Å². The van der Waals surface area contributed by atoms with Crippen molar-refractivity contribution in [1.82, 2.24) is 5.32 Å². The summed E-state index contributed by atoms with van der Waals surface area (Å²) in [7, 11) is 0. The van der Waals surface area contributed by atoms with Gasteiger partial charge >= 0.3 is 0 Å². The molecular formula is C10H20N2O2S. The summed E-state index contributed by atoms with van der Waals surface area (Å²) in [6.07, 6.45) is 1.12. The molecule has 0 saturated carbocycles. The van der Waals surface area contributed by atoms with Crippen LogP contribution in [0.25, 0.3) is 0 Å². The Morgan fingerprint density at radius 3 is 2.33 bits per heavy atom. The maximum absolute atomic E-state index is 9.60. The van der Waals surface area contributed by atoms with E-state index in [-0.39, 0.29) is 5.60 Å². The number of ether oxygens (including phenoxy) is 1. The SMILES string of the molecule is CC(C)(C)OC=O.NC(=S)C1CCNC1. The molecule has 5 heteroatoms. The lowest BCUT2D eigenvalue weighted by Gasteiger charge is -2.14. The van der Waals surface area contributed by atoms with Gasteiger partial charge in [0, 0.05) is 12.5 Å². The summed E-state index contributed by atoms with van der Waals surface area (Å²) in [6, 6.07) is 0. The van der Waals surface area contributed by atoms with Crippen LogP contribution in [0.2, 0.25) is 0 Å². The van der Waals surface area contributed by atoms with Gasteiger partial charge in [-0.25, -0.2) is 0 Å². The molecule has 1 atom stereocenters. The summed E-state index contributed by atoms with van der Waals surface area (Å²) in [5.41, 5.74) is 5.07. The molecule has 1 heterocycles. The smallest absolute Gasteiger partial charge is 0.293 e. The Balaban J connectivity index is 0.000000265. The molecule has 0 aromatic heterocycles. The topological polar surface area (TPSA) is 64.3 Å². The molecule has 0 bridgehead atoms. The van der Waals surface area contributed by atoms with Crippen LogP contribution in [-0.4, -0.2) is 30.2 Å². The molecule has 0 radical (unpaired) electrons. The van der Waals surface area contributed by atoms with E-state index < -0.39 is 0 Å². The van der Waals surface area contributed by atoms with Gasteiger partial charge in [0.15, 0.2) is 0 Å². The molecule has 1 aliphatic rings. The number of rotatable bonds is 2. The number of nitrogens with one attached hydrogen (secondary N) is 1. The summed E-state index contributed by atoms with van der Waals surface area (Å²) in [6.45, 7) is 7.97. The lowest BCUT2D eigenvalue weighted by atomic mass is 10.1. The molecule has 0 spiro atoms.